The summed E-state index contributed by atoms with van der Waals surface area (Å²) in [6.07, 6.45) is 8.88. The number of hydrogen-bond acceptors (Lipinski definition) is 4. The Morgan fingerprint density at radius 2 is 1.72 bits per heavy atom. The van der Waals surface area contributed by atoms with Gasteiger partial charge in [0, 0.05) is 19.7 Å². The van der Waals surface area contributed by atoms with E-state index in [1.54, 1.807) is 0 Å². The van der Waals surface area contributed by atoms with E-state index in [2.05, 4.69) is 29.7 Å². The first-order valence-corrected chi connectivity index (χ1v) is 10.6. The van der Waals surface area contributed by atoms with E-state index in [-0.39, 0.29) is 36.8 Å². The van der Waals surface area contributed by atoms with Crippen LogP contribution in [0.3, 0.4) is 0 Å². The van der Waals surface area contributed by atoms with Crippen LogP contribution in [0.25, 0.3) is 0 Å². The van der Waals surface area contributed by atoms with Gasteiger partial charge in [0.25, 0.3) is 0 Å². The molecular weight excluding hydrogens is 409 g/mol. The molecule has 4 N–H and O–H groups in total. The molecule has 0 heterocycles. The molecule has 29 heavy (non-hydrogen) atoms. The summed E-state index contributed by atoms with van der Waals surface area (Å²) in [6, 6.07) is 9.97. The van der Waals surface area contributed by atoms with Crippen molar-refractivity contribution in [3.05, 3.63) is 35.9 Å². The quantitative estimate of drug-likeness (QED) is 0.311. The first kappa shape index (κ1) is 30.3. The average Bonchev–Trinajstić information content (AvgIpc) is 2.70. The molecule has 0 aliphatic rings. The number of amides is 1. The number of nitrogens with two attached hydrogens (primary N) is 1. The first-order valence-electron chi connectivity index (χ1n) is 10.6. The van der Waals surface area contributed by atoms with Crippen molar-refractivity contribution in [1.82, 2.24) is 10.6 Å². The minimum absolute atomic E-state index is 0. The van der Waals surface area contributed by atoms with Gasteiger partial charge in [0.05, 0.1) is 12.6 Å². The van der Waals surface area contributed by atoms with Gasteiger partial charge in [-0.1, -0.05) is 69.4 Å². The lowest BCUT2D eigenvalue weighted by Crippen LogP contribution is -2.44. The highest BCUT2D eigenvalue weighted by atomic mass is 35.5. The second kappa shape index (κ2) is 21.8. The molecule has 0 aromatic heterocycles. The van der Waals surface area contributed by atoms with E-state index in [0.717, 1.165) is 32.3 Å². The molecule has 0 aliphatic heterocycles. The molecule has 0 unspecified atom stereocenters. The minimum atomic E-state index is -0.189. The van der Waals surface area contributed by atoms with Gasteiger partial charge in [0.1, 0.15) is 0 Å². The van der Waals surface area contributed by atoms with Gasteiger partial charge in [-0.25, -0.2) is 0 Å². The van der Waals surface area contributed by atoms with Crippen molar-refractivity contribution in [3.63, 3.8) is 0 Å². The van der Waals surface area contributed by atoms with Crippen LogP contribution in [0.5, 0.6) is 0 Å². The van der Waals surface area contributed by atoms with Crippen LogP contribution in [0.2, 0.25) is 0 Å². The van der Waals surface area contributed by atoms with E-state index in [1.165, 1.54) is 31.2 Å². The van der Waals surface area contributed by atoms with E-state index >= 15 is 0 Å². The highest BCUT2D eigenvalue weighted by molar-refractivity contribution is 5.85. The summed E-state index contributed by atoms with van der Waals surface area (Å²) in [5, 5.41) is 6.38. The van der Waals surface area contributed by atoms with Gasteiger partial charge in [-0.05, 0) is 31.4 Å². The predicted molar refractivity (Wildman–Crippen MR) is 127 cm³/mol. The number of carbonyl (C=O) groups is 1. The van der Waals surface area contributed by atoms with Crippen LogP contribution in [0.1, 0.15) is 63.9 Å². The van der Waals surface area contributed by atoms with E-state index in [1.807, 2.05) is 18.2 Å². The van der Waals surface area contributed by atoms with E-state index in [0.29, 0.717) is 26.2 Å². The van der Waals surface area contributed by atoms with Crippen LogP contribution in [0.15, 0.2) is 30.3 Å². The second-order valence-electron chi connectivity index (χ2n) is 7.02. The smallest absolute Gasteiger partial charge is 0.237 e. The highest BCUT2D eigenvalue weighted by Gasteiger charge is 2.16. The maximum Gasteiger partial charge on any atom is 0.237 e. The number of benzene rings is 1. The summed E-state index contributed by atoms with van der Waals surface area (Å²) in [5.41, 5.74) is 6.76. The lowest BCUT2D eigenvalue weighted by atomic mass is 10.1. The molecule has 0 spiro atoms. The molecule has 1 rings (SSSR count). The second-order valence-corrected chi connectivity index (χ2v) is 7.02. The van der Waals surface area contributed by atoms with Crippen molar-refractivity contribution in [3.8, 4) is 0 Å². The minimum Gasteiger partial charge on any atom is -0.380 e. The molecule has 1 amide bonds. The number of ether oxygens (including phenoxy) is 1. The lowest BCUT2D eigenvalue weighted by Gasteiger charge is -2.18. The van der Waals surface area contributed by atoms with E-state index in [9.17, 15) is 4.79 Å². The largest absolute Gasteiger partial charge is 0.380 e. The molecule has 5 nitrogen and oxygen atoms in total. The van der Waals surface area contributed by atoms with Gasteiger partial charge in [-0.3, -0.25) is 4.79 Å². The Balaban J connectivity index is 0. The van der Waals surface area contributed by atoms with Gasteiger partial charge in [0.2, 0.25) is 5.91 Å². The summed E-state index contributed by atoms with van der Waals surface area (Å²) < 4.78 is 5.62. The van der Waals surface area contributed by atoms with Crippen molar-refractivity contribution in [2.45, 2.75) is 70.9 Å². The summed E-state index contributed by atoms with van der Waals surface area (Å²) in [4.78, 5) is 12.5. The molecule has 0 saturated carbocycles. The SMILES string of the molecule is CCCCCCCOCCNC(=O)[C@H](CCCCN)NCc1ccccc1.Cl.Cl. The van der Waals surface area contributed by atoms with Gasteiger partial charge >= 0.3 is 0 Å². The molecule has 1 aromatic carbocycles. The van der Waals surface area contributed by atoms with Crippen molar-refractivity contribution >= 4 is 30.7 Å². The first-order chi connectivity index (χ1) is 13.3. The average molecular weight is 450 g/mol. The maximum absolute atomic E-state index is 12.5. The summed E-state index contributed by atoms with van der Waals surface area (Å²) in [7, 11) is 0. The summed E-state index contributed by atoms with van der Waals surface area (Å²) in [5.74, 6) is 0.0505. The van der Waals surface area contributed by atoms with Crippen molar-refractivity contribution < 1.29 is 9.53 Å². The fourth-order valence-corrected chi connectivity index (χ4v) is 2.93. The monoisotopic (exact) mass is 449 g/mol. The number of halogens is 2. The van der Waals surface area contributed by atoms with Crippen molar-refractivity contribution in [2.24, 2.45) is 5.73 Å². The molecule has 0 saturated heterocycles. The maximum atomic E-state index is 12.5. The molecule has 0 aliphatic carbocycles. The normalized spacial score (nSPS) is 11.2. The molecule has 170 valence electrons. The molecule has 1 aromatic rings. The Morgan fingerprint density at radius 1 is 1.00 bits per heavy atom. The zero-order valence-electron chi connectivity index (χ0n) is 17.9. The van der Waals surface area contributed by atoms with Gasteiger partial charge in [-0.2, -0.15) is 0 Å². The number of hydrogen-bond donors (Lipinski definition) is 3. The van der Waals surface area contributed by atoms with E-state index in [4.69, 9.17) is 10.5 Å². The number of unbranched alkanes of at least 4 members (excludes halogenated alkanes) is 5. The Kier molecular flexibility index (Phi) is 22.9. The van der Waals surface area contributed by atoms with Crippen LogP contribution in [-0.4, -0.2) is 38.3 Å². The number of carbonyl (C=O) groups excluding carboxylic acids is 1. The molecule has 7 heteroatoms. The zero-order valence-corrected chi connectivity index (χ0v) is 19.5. The van der Waals surface area contributed by atoms with Crippen LogP contribution < -0.4 is 16.4 Å². The molecular formula is C22H41Cl2N3O2. The zero-order chi connectivity index (χ0) is 19.6. The number of nitrogens with one attached hydrogen (secondary N) is 2. The van der Waals surface area contributed by atoms with Crippen molar-refractivity contribution in [2.75, 3.05) is 26.3 Å². The van der Waals surface area contributed by atoms with Crippen LogP contribution >= 0.6 is 24.8 Å². The fraction of sp³-hybridized carbons (Fsp3) is 0.682. The highest BCUT2D eigenvalue weighted by Crippen LogP contribution is 2.04. The molecule has 1 atom stereocenters. The van der Waals surface area contributed by atoms with Gasteiger partial charge < -0.3 is 21.1 Å². The van der Waals surface area contributed by atoms with Gasteiger partial charge in [-0.15, -0.1) is 24.8 Å². The Hall–Kier alpha value is -0.850. The third-order valence-electron chi connectivity index (χ3n) is 4.60. The topological polar surface area (TPSA) is 76.4 Å². The van der Waals surface area contributed by atoms with Crippen LogP contribution in [-0.2, 0) is 16.1 Å². The lowest BCUT2D eigenvalue weighted by molar-refractivity contribution is -0.123. The number of rotatable bonds is 17. The Bertz CT molecular complexity index is 478. The molecule has 0 radical (unpaired) electrons. The molecule has 0 bridgehead atoms. The van der Waals surface area contributed by atoms with Gasteiger partial charge in [0.15, 0.2) is 0 Å². The standard InChI is InChI=1S/C22H39N3O2.2ClH/c1-2-3-4-5-11-17-27-18-16-24-22(26)21(14-9-10-15-23)25-19-20-12-7-6-8-13-20;;/h6-8,12-13,21,25H,2-5,9-11,14-19,23H2,1H3,(H,24,26);2*1H/t21-;;/m0../s1. The van der Waals surface area contributed by atoms with Crippen molar-refractivity contribution in [1.29, 1.82) is 0 Å². The Morgan fingerprint density at radius 3 is 2.41 bits per heavy atom. The summed E-state index contributed by atoms with van der Waals surface area (Å²) >= 11 is 0. The molecule has 0 fully saturated rings. The third kappa shape index (κ3) is 16.6. The van der Waals surface area contributed by atoms with Crippen LogP contribution in [0.4, 0.5) is 0 Å². The third-order valence-corrected chi connectivity index (χ3v) is 4.60. The summed E-state index contributed by atoms with van der Waals surface area (Å²) in [6.45, 7) is 5.50. The predicted octanol–water partition coefficient (Wildman–Crippen LogP) is 4.22. The van der Waals surface area contributed by atoms with E-state index < -0.39 is 0 Å². The Labute approximate surface area is 189 Å². The van der Waals surface area contributed by atoms with Crippen LogP contribution in [0, 0.1) is 0 Å². The fourth-order valence-electron chi connectivity index (χ4n) is 2.93.